The number of ether oxygens (including phenoxy) is 1. The molecule has 24 heavy (non-hydrogen) atoms. The van der Waals surface area contributed by atoms with Crippen molar-refractivity contribution in [2.24, 2.45) is 4.99 Å². The Morgan fingerprint density at radius 2 is 1.96 bits per heavy atom. The largest absolute Gasteiger partial charge is 0.379 e. The molecule has 1 saturated heterocycles. The first-order valence-corrected chi connectivity index (χ1v) is 8.13. The fraction of sp³-hybridized carbons (Fsp3) is 0.588. The van der Waals surface area contributed by atoms with Crippen molar-refractivity contribution in [1.82, 2.24) is 15.5 Å². The third-order valence-electron chi connectivity index (χ3n) is 4.23. The smallest absolute Gasteiger partial charge is 0.191 e. The normalized spacial score (nSPS) is 17.0. The lowest BCUT2D eigenvalue weighted by Gasteiger charge is -2.41. The molecule has 0 saturated carbocycles. The van der Waals surface area contributed by atoms with Crippen molar-refractivity contribution in [3.63, 3.8) is 0 Å². The summed E-state index contributed by atoms with van der Waals surface area (Å²) in [6.07, 6.45) is 0. The van der Waals surface area contributed by atoms with Crippen LogP contribution in [0.2, 0.25) is 0 Å². The molecule has 0 unspecified atom stereocenters. The lowest BCUT2D eigenvalue weighted by molar-refractivity contribution is -0.00834. The second kappa shape index (κ2) is 8.39. The first-order chi connectivity index (χ1) is 11.4. The first-order valence-electron chi connectivity index (χ1n) is 8.13. The van der Waals surface area contributed by atoms with E-state index < -0.39 is 11.6 Å². The van der Waals surface area contributed by atoms with Gasteiger partial charge in [0.25, 0.3) is 0 Å². The van der Waals surface area contributed by atoms with Crippen molar-refractivity contribution < 1.29 is 13.5 Å². The number of nitrogens with one attached hydrogen (secondary N) is 2. The Balaban J connectivity index is 1.87. The summed E-state index contributed by atoms with van der Waals surface area (Å²) in [6, 6.07) is 3.42. The molecule has 0 amide bonds. The van der Waals surface area contributed by atoms with E-state index >= 15 is 0 Å². The SMILES string of the molecule is CN=C(NCc1cc(F)ccc1F)NCC(C)(C)N1CCOCC1. The number of halogens is 2. The fourth-order valence-corrected chi connectivity index (χ4v) is 2.66. The van der Waals surface area contributed by atoms with Crippen LogP contribution in [-0.2, 0) is 11.3 Å². The molecule has 7 heteroatoms. The molecule has 2 rings (SSSR count). The lowest BCUT2D eigenvalue weighted by atomic mass is 10.0. The van der Waals surface area contributed by atoms with Gasteiger partial charge in [-0.15, -0.1) is 0 Å². The molecule has 0 spiro atoms. The standard InChI is InChI=1S/C17H26F2N4O/c1-17(2,23-6-8-24-9-7-23)12-22-16(20-3)21-11-13-10-14(18)4-5-15(13)19/h4-5,10H,6-9,11-12H2,1-3H3,(H2,20,21,22). The van der Waals surface area contributed by atoms with Crippen LogP contribution in [0.5, 0.6) is 0 Å². The highest BCUT2D eigenvalue weighted by molar-refractivity contribution is 5.79. The van der Waals surface area contributed by atoms with Crippen LogP contribution in [0.1, 0.15) is 19.4 Å². The number of aliphatic imine (C=N–C) groups is 1. The van der Waals surface area contributed by atoms with Gasteiger partial charge in [0.15, 0.2) is 5.96 Å². The van der Waals surface area contributed by atoms with Gasteiger partial charge in [-0.3, -0.25) is 9.89 Å². The molecule has 1 aromatic rings. The third-order valence-corrected chi connectivity index (χ3v) is 4.23. The summed E-state index contributed by atoms with van der Waals surface area (Å²) in [5.74, 6) is -0.336. The van der Waals surface area contributed by atoms with Gasteiger partial charge in [-0.25, -0.2) is 8.78 Å². The van der Waals surface area contributed by atoms with Crippen molar-refractivity contribution in [3.8, 4) is 0 Å². The average Bonchev–Trinajstić information content (AvgIpc) is 2.58. The van der Waals surface area contributed by atoms with E-state index in [9.17, 15) is 8.78 Å². The summed E-state index contributed by atoms with van der Waals surface area (Å²) in [5.41, 5.74) is 0.205. The van der Waals surface area contributed by atoms with E-state index in [2.05, 4.69) is 34.4 Å². The maximum Gasteiger partial charge on any atom is 0.191 e. The minimum Gasteiger partial charge on any atom is -0.379 e. The monoisotopic (exact) mass is 340 g/mol. The van der Waals surface area contributed by atoms with Crippen LogP contribution in [0.4, 0.5) is 8.78 Å². The quantitative estimate of drug-likeness (QED) is 0.633. The van der Waals surface area contributed by atoms with Crippen LogP contribution >= 0.6 is 0 Å². The third kappa shape index (κ3) is 5.14. The van der Waals surface area contributed by atoms with Gasteiger partial charge in [0.1, 0.15) is 11.6 Å². The molecule has 134 valence electrons. The Labute approximate surface area is 142 Å². The van der Waals surface area contributed by atoms with Crippen molar-refractivity contribution in [1.29, 1.82) is 0 Å². The maximum atomic E-state index is 13.7. The Morgan fingerprint density at radius 3 is 2.62 bits per heavy atom. The number of benzene rings is 1. The minimum absolute atomic E-state index is 0.0640. The molecular weight excluding hydrogens is 314 g/mol. The summed E-state index contributed by atoms with van der Waals surface area (Å²) >= 11 is 0. The molecule has 1 aromatic carbocycles. The van der Waals surface area contributed by atoms with E-state index in [1.54, 1.807) is 7.05 Å². The lowest BCUT2D eigenvalue weighted by Crippen LogP contribution is -2.56. The minimum atomic E-state index is -0.454. The summed E-state index contributed by atoms with van der Waals surface area (Å²) in [5, 5.41) is 6.27. The number of hydrogen-bond acceptors (Lipinski definition) is 3. The van der Waals surface area contributed by atoms with Crippen molar-refractivity contribution in [2.75, 3.05) is 39.9 Å². The van der Waals surface area contributed by atoms with Crippen LogP contribution in [0.3, 0.4) is 0 Å². The van der Waals surface area contributed by atoms with Crippen molar-refractivity contribution >= 4 is 5.96 Å². The van der Waals surface area contributed by atoms with Crippen molar-refractivity contribution in [2.45, 2.75) is 25.9 Å². The first kappa shape index (κ1) is 18.6. The molecule has 0 bridgehead atoms. The molecule has 1 aliphatic rings. The van der Waals surface area contributed by atoms with Crippen LogP contribution < -0.4 is 10.6 Å². The number of hydrogen-bond donors (Lipinski definition) is 2. The zero-order valence-electron chi connectivity index (χ0n) is 14.5. The molecule has 2 N–H and O–H groups in total. The van der Waals surface area contributed by atoms with E-state index in [4.69, 9.17) is 4.74 Å². The Morgan fingerprint density at radius 1 is 1.25 bits per heavy atom. The van der Waals surface area contributed by atoms with E-state index in [1.807, 2.05) is 0 Å². The van der Waals surface area contributed by atoms with E-state index in [1.165, 1.54) is 6.07 Å². The topological polar surface area (TPSA) is 48.9 Å². The van der Waals surface area contributed by atoms with Gasteiger partial charge >= 0.3 is 0 Å². The highest BCUT2D eigenvalue weighted by Crippen LogP contribution is 2.15. The van der Waals surface area contributed by atoms with Crippen LogP contribution in [0.15, 0.2) is 23.2 Å². The van der Waals surface area contributed by atoms with Gasteiger partial charge < -0.3 is 15.4 Å². The number of morpholine rings is 1. The second-order valence-corrected chi connectivity index (χ2v) is 6.43. The summed E-state index contributed by atoms with van der Waals surface area (Å²) in [4.78, 5) is 6.50. The second-order valence-electron chi connectivity index (χ2n) is 6.43. The number of nitrogens with zero attached hydrogens (tertiary/aromatic N) is 2. The average molecular weight is 340 g/mol. The van der Waals surface area contributed by atoms with Gasteiger partial charge in [-0.05, 0) is 32.0 Å². The summed E-state index contributed by atoms with van der Waals surface area (Å²) < 4.78 is 32.2. The predicted octanol–water partition coefficient (Wildman–Crippen LogP) is 1.74. The number of rotatable bonds is 5. The van der Waals surface area contributed by atoms with Crippen LogP contribution in [0.25, 0.3) is 0 Å². The molecular formula is C17H26F2N4O. The molecule has 0 aliphatic carbocycles. The summed E-state index contributed by atoms with van der Waals surface area (Å²) in [6.45, 7) is 8.45. The Bertz CT molecular complexity index is 572. The van der Waals surface area contributed by atoms with Crippen molar-refractivity contribution in [3.05, 3.63) is 35.4 Å². The van der Waals surface area contributed by atoms with Gasteiger partial charge in [0.05, 0.1) is 13.2 Å². The molecule has 1 heterocycles. The van der Waals surface area contributed by atoms with Gasteiger partial charge in [-0.1, -0.05) is 0 Å². The molecule has 1 fully saturated rings. The zero-order valence-corrected chi connectivity index (χ0v) is 14.5. The van der Waals surface area contributed by atoms with Gasteiger partial charge in [0, 0.05) is 44.3 Å². The molecule has 1 aliphatic heterocycles. The van der Waals surface area contributed by atoms with Gasteiger partial charge in [-0.2, -0.15) is 0 Å². The molecule has 0 aromatic heterocycles. The fourth-order valence-electron chi connectivity index (χ4n) is 2.66. The number of guanidine groups is 1. The Kier molecular flexibility index (Phi) is 6.51. The van der Waals surface area contributed by atoms with Gasteiger partial charge in [0.2, 0.25) is 0 Å². The summed E-state index contributed by atoms with van der Waals surface area (Å²) in [7, 11) is 1.65. The highest BCUT2D eigenvalue weighted by atomic mass is 19.1. The predicted molar refractivity (Wildman–Crippen MR) is 91.0 cm³/mol. The van der Waals surface area contributed by atoms with E-state index in [0.717, 1.165) is 38.4 Å². The molecule has 5 nitrogen and oxygen atoms in total. The molecule has 0 atom stereocenters. The highest BCUT2D eigenvalue weighted by Gasteiger charge is 2.28. The maximum absolute atomic E-state index is 13.7. The van der Waals surface area contributed by atoms with E-state index in [-0.39, 0.29) is 17.6 Å². The van der Waals surface area contributed by atoms with Crippen LogP contribution in [-0.4, -0.2) is 56.3 Å². The van der Waals surface area contributed by atoms with E-state index in [0.29, 0.717) is 12.5 Å². The Hall–Kier alpha value is -1.73. The van der Waals surface area contributed by atoms with Crippen LogP contribution in [0, 0.1) is 11.6 Å². The zero-order chi connectivity index (χ0) is 17.6. The molecule has 0 radical (unpaired) electrons.